The molecular weight excluding hydrogens is 261 g/mol. The Hall–Kier alpha value is -1.95. The van der Waals surface area contributed by atoms with Gasteiger partial charge in [-0.05, 0) is 31.9 Å². The van der Waals surface area contributed by atoms with Gasteiger partial charge in [0.25, 0.3) is 0 Å². The van der Waals surface area contributed by atoms with Crippen molar-refractivity contribution < 1.29 is 14.0 Å². The third-order valence-electron chi connectivity index (χ3n) is 3.59. The van der Waals surface area contributed by atoms with E-state index >= 15 is 0 Å². The van der Waals surface area contributed by atoms with E-state index in [2.05, 4.69) is 5.32 Å². The predicted octanol–water partition coefficient (Wildman–Crippen LogP) is 1.69. The van der Waals surface area contributed by atoms with E-state index < -0.39 is 23.2 Å². The molecule has 0 unspecified atom stereocenters. The monoisotopic (exact) mass is 281 g/mol. The number of hydrogen-bond donors (Lipinski definition) is 3. The van der Waals surface area contributed by atoms with Crippen molar-refractivity contribution in [3.8, 4) is 0 Å². The number of halogens is 1. The first-order chi connectivity index (χ1) is 9.25. The number of nitrogens with one attached hydrogen (secondary N) is 1. The van der Waals surface area contributed by atoms with Gasteiger partial charge < -0.3 is 16.8 Å². The van der Waals surface area contributed by atoms with Crippen LogP contribution >= 0.6 is 0 Å². The molecular formula is C14H20FN3O2. The molecule has 0 heterocycles. The molecule has 0 aromatic heterocycles. The molecule has 0 fully saturated rings. The third-order valence-corrected chi connectivity index (χ3v) is 3.59. The number of amides is 2. The summed E-state index contributed by atoms with van der Waals surface area (Å²) in [5.74, 6) is -1.77. The maximum atomic E-state index is 13.7. The molecule has 1 aromatic carbocycles. The number of carbonyl (C=O) groups is 2. The zero-order chi connectivity index (χ0) is 15.5. The van der Waals surface area contributed by atoms with Gasteiger partial charge in [0.2, 0.25) is 11.8 Å². The molecule has 2 amide bonds. The van der Waals surface area contributed by atoms with Gasteiger partial charge in [-0.25, -0.2) is 4.39 Å². The van der Waals surface area contributed by atoms with Crippen LogP contribution < -0.4 is 16.8 Å². The second-order valence-electron chi connectivity index (χ2n) is 4.81. The van der Waals surface area contributed by atoms with Gasteiger partial charge in [-0.3, -0.25) is 9.59 Å². The van der Waals surface area contributed by atoms with Crippen LogP contribution in [0.25, 0.3) is 0 Å². The molecule has 5 nitrogen and oxygen atoms in total. The zero-order valence-electron chi connectivity index (χ0n) is 11.9. The summed E-state index contributed by atoms with van der Waals surface area (Å²) in [6.45, 7) is 5.11. The molecule has 0 saturated heterocycles. The number of carbonyl (C=O) groups excluding carboxylic acids is 2. The van der Waals surface area contributed by atoms with Crippen LogP contribution in [0.1, 0.15) is 42.6 Å². The lowest BCUT2D eigenvalue weighted by molar-refractivity contribution is -0.121. The van der Waals surface area contributed by atoms with E-state index in [1.807, 2.05) is 0 Å². The maximum absolute atomic E-state index is 13.7. The molecule has 0 bridgehead atoms. The van der Waals surface area contributed by atoms with Gasteiger partial charge in [0.1, 0.15) is 5.82 Å². The fourth-order valence-corrected chi connectivity index (χ4v) is 1.77. The Morgan fingerprint density at radius 2 is 1.85 bits per heavy atom. The highest BCUT2D eigenvalue weighted by molar-refractivity contribution is 6.00. The molecule has 20 heavy (non-hydrogen) atoms. The lowest BCUT2D eigenvalue weighted by Crippen LogP contribution is -2.50. The Morgan fingerprint density at radius 3 is 2.30 bits per heavy atom. The van der Waals surface area contributed by atoms with Gasteiger partial charge in [0, 0.05) is 16.8 Å². The van der Waals surface area contributed by atoms with E-state index in [0.717, 1.165) is 6.07 Å². The Morgan fingerprint density at radius 1 is 1.30 bits per heavy atom. The largest absolute Gasteiger partial charge is 0.366 e. The molecule has 0 saturated carbocycles. The number of benzene rings is 1. The fourth-order valence-electron chi connectivity index (χ4n) is 1.77. The molecule has 5 N–H and O–H groups in total. The van der Waals surface area contributed by atoms with Crippen molar-refractivity contribution >= 4 is 17.5 Å². The van der Waals surface area contributed by atoms with Gasteiger partial charge in [-0.1, -0.05) is 13.8 Å². The Balaban J connectivity index is 3.15. The van der Waals surface area contributed by atoms with Crippen molar-refractivity contribution in [3.63, 3.8) is 0 Å². The highest BCUT2D eigenvalue weighted by Gasteiger charge is 2.30. The standard InChI is InChI=1S/C14H20FN3O2/c1-4-14(17,5-2)13(20)18-11-7-9(12(16)19)6-10(15)8(11)3/h6-7H,4-5,17H2,1-3H3,(H2,16,19)(H,18,20). The number of rotatable bonds is 5. The van der Waals surface area contributed by atoms with E-state index in [9.17, 15) is 14.0 Å². The van der Waals surface area contributed by atoms with Crippen LogP contribution in [-0.4, -0.2) is 17.4 Å². The van der Waals surface area contributed by atoms with Crippen molar-refractivity contribution in [1.82, 2.24) is 0 Å². The molecule has 110 valence electrons. The first-order valence-electron chi connectivity index (χ1n) is 6.45. The summed E-state index contributed by atoms with van der Waals surface area (Å²) in [6.07, 6.45) is 0.902. The minimum absolute atomic E-state index is 0.000909. The van der Waals surface area contributed by atoms with Crippen molar-refractivity contribution in [1.29, 1.82) is 0 Å². The number of anilines is 1. The van der Waals surface area contributed by atoms with Gasteiger partial charge in [0.05, 0.1) is 5.54 Å². The summed E-state index contributed by atoms with van der Waals surface area (Å²) in [4.78, 5) is 23.3. The quantitative estimate of drug-likeness (QED) is 0.766. The molecule has 0 radical (unpaired) electrons. The summed E-state index contributed by atoms with van der Waals surface area (Å²) in [7, 11) is 0. The highest BCUT2D eigenvalue weighted by Crippen LogP contribution is 2.23. The summed E-state index contributed by atoms with van der Waals surface area (Å²) in [5.41, 5.74) is 10.5. The molecule has 0 atom stereocenters. The first-order valence-corrected chi connectivity index (χ1v) is 6.45. The van der Waals surface area contributed by atoms with Crippen LogP contribution in [0.15, 0.2) is 12.1 Å². The zero-order valence-corrected chi connectivity index (χ0v) is 11.9. The second-order valence-corrected chi connectivity index (χ2v) is 4.81. The summed E-state index contributed by atoms with van der Waals surface area (Å²) in [5, 5.41) is 2.58. The van der Waals surface area contributed by atoms with Crippen LogP contribution in [0, 0.1) is 12.7 Å². The number of nitrogens with two attached hydrogens (primary N) is 2. The van der Waals surface area contributed by atoms with E-state index in [4.69, 9.17) is 11.5 Å². The lowest BCUT2D eigenvalue weighted by Gasteiger charge is -2.25. The van der Waals surface area contributed by atoms with E-state index in [-0.39, 0.29) is 16.8 Å². The van der Waals surface area contributed by atoms with Gasteiger partial charge >= 0.3 is 0 Å². The summed E-state index contributed by atoms with van der Waals surface area (Å²) in [6, 6.07) is 2.40. The number of hydrogen-bond acceptors (Lipinski definition) is 3. The smallest absolute Gasteiger partial charge is 0.248 e. The highest BCUT2D eigenvalue weighted by atomic mass is 19.1. The molecule has 0 spiro atoms. The average Bonchev–Trinajstić information content (AvgIpc) is 2.42. The third kappa shape index (κ3) is 3.14. The lowest BCUT2D eigenvalue weighted by atomic mass is 9.93. The van der Waals surface area contributed by atoms with Crippen molar-refractivity contribution in [2.75, 3.05) is 5.32 Å². The van der Waals surface area contributed by atoms with Gasteiger partial charge in [-0.15, -0.1) is 0 Å². The van der Waals surface area contributed by atoms with Crippen molar-refractivity contribution in [2.24, 2.45) is 11.5 Å². The minimum atomic E-state index is -1.02. The molecule has 1 aromatic rings. The van der Waals surface area contributed by atoms with Crippen molar-refractivity contribution in [2.45, 2.75) is 39.2 Å². The number of primary amides is 1. The van der Waals surface area contributed by atoms with E-state index in [0.29, 0.717) is 12.8 Å². The summed E-state index contributed by atoms with van der Waals surface area (Å²) >= 11 is 0. The van der Waals surface area contributed by atoms with E-state index in [1.54, 1.807) is 13.8 Å². The summed E-state index contributed by atoms with van der Waals surface area (Å²) < 4.78 is 13.7. The molecule has 0 aliphatic carbocycles. The Labute approximate surface area is 117 Å². The minimum Gasteiger partial charge on any atom is -0.366 e. The maximum Gasteiger partial charge on any atom is 0.248 e. The van der Waals surface area contributed by atoms with Crippen molar-refractivity contribution in [3.05, 3.63) is 29.1 Å². The predicted molar refractivity (Wildman–Crippen MR) is 75.8 cm³/mol. The molecule has 0 aliphatic rings. The van der Waals surface area contributed by atoms with Gasteiger partial charge in [0.15, 0.2) is 0 Å². The molecule has 6 heteroatoms. The topological polar surface area (TPSA) is 98.2 Å². The van der Waals surface area contributed by atoms with Crippen LogP contribution in [0.5, 0.6) is 0 Å². The van der Waals surface area contributed by atoms with E-state index in [1.165, 1.54) is 13.0 Å². The second kappa shape index (κ2) is 6.00. The average molecular weight is 281 g/mol. The molecule has 1 rings (SSSR count). The normalized spacial score (nSPS) is 11.2. The first kappa shape index (κ1) is 16.1. The van der Waals surface area contributed by atoms with Gasteiger partial charge in [-0.2, -0.15) is 0 Å². The Bertz CT molecular complexity index is 539. The molecule has 0 aliphatic heterocycles. The van der Waals surface area contributed by atoms with Crippen LogP contribution in [-0.2, 0) is 4.79 Å². The SMILES string of the molecule is CCC(N)(CC)C(=O)Nc1cc(C(N)=O)cc(F)c1C. The van der Waals surface area contributed by atoms with Crippen LogP contribution in [0.2, 0.25) is 0 Å². The Kier molecular flexibility index (Phi) is 4.83. The fraction of sp³-hybridized carbons (Fsp3) is 0.429. The van der Waals surface area contributed by atoms with Crippen LogP contribution in [0.4, 0.5) is 10.1 Å². The van der Waals surface area contributed by atoms with Crippen LogP contribution in [0.3, 0.4) is 0 Å².